The average Bonchev–Trinajstić information content (AvgIpc) is 3.39. The fourth-order valence-corrected chi connectivity index (χ4v) is 7.59. The van der Waals surface area contributed by atoms with Crippen LogP contribution in [0.1, 0.15) is 42.4 Å². The Labute approximate surface area is 257 Å². The number of furan rings is 1. The standard InChI is InChI=1S/C32H35F2N3O8/c1-36(2)20-13-22(39)25(30(35)43)29(42)32(44)19(20)12-16-11-18-17(3-4-21(38)24(18)26(40)23(16)28(32)41)27-15(5-10-45-27)14-37-8-6-31(33,34)7-9-37/h3-5,10,16,19-20,38,40,42,44H,6-9,11-14H2,1-2H3,(H2,35,43)/t16-,19-,20+,32-/m0/s1. The molecule has 11 nitrogen and oxygen atoms in total. The van der Waals surface area contributed by atoms with Crippen LogP contribution in [0.2, 0.25) is 0 Å². The van der Waals surface area contributed by atoms with Crippen LogP contribution < -0.4 is 5.73 Å². The molecule has 2 fully saturated rings. The number of carbonyl (C=O) groups is 3. The number of benzene rings is 1. The van der Waals surface area contributed by atoms with Crippen molar-refractivity contribution in [1.29, 1.82) is 0 Å². The largest absolute Gasteiger partial charge is 0.508 e. The number of phenols is 1. The molecule has 2 heterocycles. The molecule has 4 aliphatic rings. The number of alkyl halides is 2. The van der Waals surface area contributed by atoms with Crippen molar-refractivity contribution in [2.75, 3.05) is 27.2 Å². The van der Waals surface area contributed by atoms with Crippen molar-refractivity contribution in [3.8, 4) is 17.1 Å². The summed E-state index contributed by atoms with van der Waals surface area (Å²) in [4.78, 5) is 43.0. The molecule has 1 aliphatic heterocycles. The van der Waals surface area contributed by atoms with E-state index < -0.39 is 64.0 Å². The van der Waals surface area contributed by atoms with Crippen LogP contribution in [0.3, 0.4) is 0 Å². The van der Waals surface area contributed by atoms with Gasteiger partial charge in [-0.05, 0) is 56.6 Å². The maximum Gasteiger partial charge on any atom is 0.255 e. The van der Waals surface area contributed by atoms with Gasteiger partial charge in [0.15, 0.2) is 11.4 Å². The lowest BCUT2D eigenvalue weighted by Crippen LogP contribution is -2.59. The van der Waals surface area contributed by atoms with Crippen molar-refractivity contribution in [3.63, 3.8) is 0 Å². The van der Waals surface area contributed by atoms with Crippen LogP contribution in [0.4, 0.5) is 8.78 Å². The number of amides is 1. The normalized spacial score (nSPS) is 28.5. The molecule has 13 heteroatoms. The second kappa shape index (κ2) is 10.8. The molecular formula is C32H35F2N3O8. The molecule has 0 radical (unpaired) electrons. The van der Waals surface area contributed by atoms with Gasteiger partial charge in [0.05, 0.1) is 11.8 Å². The number of hydrogen-bond acceptors (Lipinski definition) is 10. The summed E-state index contributed by atoms with van der Waals surface area (Å²) in [5.74, 6) is -9.33. The number of aromatic hydroxyl groups is 1. The van der Waals surface area contributed by atoms with E-state index in [1.807, 2.05) is 4.90 Å². The minimum atomic E-state index is -2.74. The summed E-state index contributed by atoms with van der Waals surface area (Å²) in [7, 11) is 3.29. The van der Waals surface area contributed by atoms with Crippen LogP contribution in [0, 0.1) is 11.8 Å². The van der Waals surface area contributed by atoms with Crippen molar-refractivity contribution in [2.45, 2.75) is 56.2 Å². The highest BCUT2D eigenvalue weighted by Crippen LogP contribution is 2.53. The average molecular weight is 628 g/mol. The third-order valence-electron chi connectivity index (χ3n) is 9.93. The summed E-state index contributed by atoms with van der Waals surface area (Å²) in [6, 6.07) is 3.91. The lowest BCUT2D eigenvalue weighted by atomic mass is 9.60. The van der Waals surface area contributed by atoms with Gasteiger partial charge in [0, 0.05) is 67.6 Å². The Morgan fingerprint density at radius 1 is 1.11 bits per heavy atom. The zero-order chi connectivity index (χ0) is 32.6. The molecule has 2 aromatic rings. The maximum atomic E-state index is 14.2. The number of aliphatic hydroxyl groups excluding tert-OH is 2. The van der Waals surface area contributed by atoms with E-state index in [-0.39, 0.29) is 62.1 Å². The van der Waals surface area contributed by atoms with Gasteiger partial charge in [0.1, 0.15) is 28.6 Å². The number of aliphatic hydroxyl groups is 3. The van der Waals surface area contributed by atoms with Crippen molar-refractivity contribution < 1.29 is 48.0 Å². The third kappa shape index (κ3) is 4.84. The number of rotatable bonds is 5. The van der Waals surface area contributed by atoms with Crippen molar-refractivity contribution >= 4 is 23.2 Å². The number of fused-ring (bicyclic) bond motifs is 3. The van der Waals surface area contributed by atoms with Gasteiger partial charge in [-0.25, -0.2) is 8.78 Å². The number of halogens is 2. The highest BCUT2D eigenvalue weighted by atomic mass is 19.3. The number of carbonyl (C=O) groups excluding carboxylic acids is 3. The van der Waals surface area contributed by atoms with Gasteiger partial charge in [-0.2, -0.15) is 0 Å². The third-order valence-corrected chi connectivity index (χ3v) is 9.93. The Morgan fingerprint density at radius 2 is 1.80 bits per heavy atom. The highest BCUT2D eigenvalue weighted by molar-refractivity contribution is 6.21. The summed E-state index contributed by atoms with van der Waals surface area (Å²) in [6.45, 7) is 0.760. The Hall–Kier alpha value is -4.07. The van der Waals surface area contributed by atoms with Gasteiger partial charge in [0.25, 0.3) is 11.8 Å². The molecule has 1 aromatic heterocycles. The Morgan fingerprint density at radius 3 is 2.44 bits per heavy atom. The summed E-state index contributed by atoms with van der Waals surface area (Å²) in [5, 5.41) is 45.6. The van der Waals surface area contributed by atoms with E-state index in [1.54, 1.807) is 31.1 Å². The number of nitrogens with two attached hydrogens (primary N) is 1. The number of nitrogens with zero attached hydrogens (tertiary/aromatic N) is 2. The van der Waals surface area contributed by atoms with E-state index >= 15 is 0 Å². The van der Waals surface area contributed by atoms with Gasteiger partial charge in [-0.15, -0.1) is 0 Å². The molecule has 6 N–H and O–H groups in total. The number of Topliss-reactive ketones (excluding diaryl/α,β-unsaturated/α-hetero) is 2. The molecule has 6 rings (SSSR count). The second-order valence-electron chi connectivity index (χ2n) is 12.7. The monoisotopic (exact) mass is 627 g/mol. The van der Waals surface area contributed by atoms with Crippen LogP contribution in [0.5, 0.6) is 5.75 Å². The second-order valence-corrected chi connectivity index (χ2v) is 12.7. The van der Waals surface area contributed by atoms with E-state index in [0.717, 1.165) is 5.56 Å². The number of likely N-dealkylation sites (tertiary alicyclic amines) is 1. The summed E-state index contributed by atoms with van der Waals surface area (Å²) >= 11 is 0. The van der Waals surface area contributed by atoms with Crippen molar-refractivity contribution in [1.82, 2.24) is 9.80 Å². The lowest BCUT2D eigenvalue weighted by Gasteiger charge is -2.47. The number of piperidine rings is 1. The van der Waals surface area contributed by atoms with Crippen LogP contribution in [0.15, 0.2) is 45.8 Å². The Kier molecular flexibility index (Phi) is 7.41. The van der Waals surface area contributed by atoms with Crippen LogP contribution in [0.25, 0.3) is 17.1 Å². The molecule has 240 valence electrons. The van der Waals surface area contributed by atoms with Crippen LogP contribution in [-0.2, 0) is 27.3 Å². The molecule has 3 aliphatic carbocycles. The molecule has 0 spiro atoms. The first-order chi connectivity index (χ1) is 21.2. The first kappa shape index (κ1) is 30.9. The summed E-state index contributed by atoms with van der Waals surface area (Å²) in [5.41, 5.74) is 3.23. The maximum absolute atomic E-state index is 14.2. The van der Waals surface area contributed by atoms with Gasteiger partial charge < -0.3 is 35.5 Å². The van der Waals surface area contributed by atoms with Gasteiger partial charge in [-0.1, -0.05) is 0 Å². The van der Waals surface area contributed by atoms with Gasteiger partial charge in [-0.3, -0.25) is 19.3 Å². The SMILES string of the molecule is CN(C)[C@@H]1CC(=O)C(C(N)=O)=C(O)[C@@]2(O)C(=O)C3=C(O)c4c(O)ccc(-c5occc5CN5CCC(F)(F)CC5)c4C[C@H]3C[C@@H]12. The van der Waals surface area contributed by atoms with Crippen molar-refractivity contribution in [2.24, 2.45) is 17.6 Å². The summed E-state index contributed by atoms with van der Waals surface area (Å²) < 4.78 is 33.4. The Balaban J connectivity index is 1.45. The molecule has 4 atom stereocenters. The topological polar surface area (TPSA) is 178 Å². The fraction of sp³-hybridized carbons (Fsp3) is 0.469. The van der Waals surface area contributed by atoms with E-state index in [0.29, 0.717) is 23.4 Å². The van der Waals surface area contributed by atoms with Crippen LogP contribution in [-0.4, -0.2) is 92.4 Å². The minimum Gasteiger partial charge on any atom is -0.508 e. The highest BCUT2D eigenvalue weighted by Gasteiger charge is 2.61. The molecule has 1 amide bonds. The quantitative estimate of drug-likeness (QED) is 0.310. The molecule has 45 heavy (non-hydrogen) atoms. The number of phenolic OH excluding ortho intramolecular Hbond substituents is 1. The van der Waals surface area contributed by atoms with E-state index in [1.165, 1.54) is 12.3 Å². The van der Waals surface area contributed by atoms with Gasteiger partial charge >= 0.3 is 0 Å². The number of primary amides is 1. The van der Waals surface area contributed by atoms with Gasteiger partial charge in [0.2, 0.25) is 5.78 Å². The number of ketones is 2. The number of hydrogen-bond donors (Lipinski definition) is 5. The first-order valence-electron chi connectivity index (χ1n) is 14.8. The Bertz CT molecular complexity index is 1670. The zero-order valence-corrected chi connectivity index (χ0v) is 24.8. The molecule has 0 unspecified atom stereocenters. The predicted octanol–water partition coefficient (Wildman–Crippen LogP) is 2.85. The lowest BCUT2D eigenvalue weighted by molar-refractivity contribution is -0.147. The molecule has 1 saturated carbocycles. The predicted molar refractivity (Wildman–Crippen MR) is 156 cm³/mol. The molecule has 0 bridgehead atoms. The molecule has 1 saturated heterocycles. The van der Waals surface area contributed by atoms with E-state index in [2.05, 4.69) is 0 Å². The van der Waals surface area contributed by atoms with Crippen LogP contribution >= 0.6 is 0 Å². The minimum absolute atomic E-state index is 0.0232. The first-order valence-corrected chi connectivity index (χ1v) is 14.8. The van der Waals surface area contributed by atoms with E-state index in [9.17, 15) is 43.6 Å². The zero-order valence-electron chi connectivity index (χ0n) is 24.8. The van der Waals surface area contributed by atoms with Crippen molar-refractivity contribution in [3.05, 3.63) is 58.1 Å². The van der Waals surface area contributed by atoms with E-state index in [4.69, 9.17) is 10.2 Å². The molecular weight excluding hydrogens is 592 g/mol. The summed E-state index contributed by atoms with van der Waals surface area (Å²) in [6.07, 6.45) is 0.833. The fourth-order valence-electron chi connectivity index (χ4n) is 7.59. The smallest absolute Gasteiger partial charge is 0.255 e. The molecule has 1 aromatic carbocycles.